The minimum atomic E-state index is -0.367. The summed E-state index contributed by atoms with van der Waals surface area (Å²) < 4.78 is 17.7. The molecule has 1 saturated heterocycles. The Morgan fingerprint density at radius 1 is 1.00 bits per heavy atom. The van der Waals surface area contributed by atoms with Gasteiger partial charge in [0.2, 0.25) is 5.88 Å². The first-order chi connectivity index (χ1) is 21.9. The number of imidazole rings is 1. The Bertz CT molecular complexity index is 1920. The minimum absolute atomic E-state index is 0.344. The molecular formula is C36H35N5O4. The first-order valence-corrected chi connectivity index (χ1v) is 15.2. The van der Waals surface area contributed by atoms with Crippen molar-refractivity contribution >= 4 is 17.0 Å². The van der Waals surface area contributed by atoms with Crippen LogP contribution in [0.25, 0.3) is 22.3 Å². The Morgan fingerprint density at radius 2 is 1.82 bits per heavy atom. The summed E-state index contributed by atoms with van der Waals surface area (Å²) in [6.07, 6.45) is 4.33. The fourth-order valence-electron chi connectivity index (χ4n) is 5.63. The van der Waals surface area contributed by atoms with E-state index in [1.54, 1.807) is 12.1 Å². The molecule has 45 heavy (non-hydrogen) atoms. The molecule has 5 aromatic rings. The van der Waals surface area contributed by atoms with Crippen LogP contribution in [0.5, 0.6) is 5.88 Å². The van der Waals surface area contributed by atoms with Gasteiger partial charge in [-0.05, 0) is 85.7 Å². The van der Waals surface area contributed by atoms with E-state index in [1.807, 2.05) is 48.0 Å². The third-order valence-corrected chi connectivity index (χ3v) is 8.28. The smallest absolute Gasteiger partial charge is 0.337 e. The summed E-state index contributed by atoms with van der Waals surface area (Å²) >= 11 is 0. The van der Waals surface area contributed by atoms with Crippen LogP contribution in [0, 0.1) is 18.3 Å². The summed E-state index contributed by atoms with van der Waals surface area (Å²) in [4.78, 5) is 26.4. The molecule has 0 spiro atoms. The van der Waals surface area contributed by atoms with Crippen LogP contribution in [0.15, 0.2) is 60.7 Å². The molecule has 0 unspecified atom stereocenters. The van der Waals surface area contributed by atoms with Crippen molar-refractivity contribution in [1.29, 1.82) is 5.26 Å². The topological polar surface area (TPSA) is 112 Å². The Balaban J connectivity index is 0.000000828. The first-order valence-electron chi connectivity index (χ1n) is 15.2. The molecule has 0 atom stereocenters. The van der Waals surface area contributed by atoms with E-state index in [2.05, 4.69) is 30.1 Å². The van der Waals surface area contributed by atoms with Gasteiger partial charge in [-0.15, -0.1) is 0 Å². The lowest BCUT2D eigenvalue weighted by Gasteiger charge is -2.15. The van der Waals surface area contributed by atoms with Gasteiger partial charge in [0.15, 0.2) is 0 Å². The van der Waals surface area contributed by atoms with Crippen molar-refractivity contribution in [2.75, 3.05) is 20.3 Å². The van der Waals surface area contributed by atoms with Crippen molar-refractivity contribution < 1.29 is 19.0 Å². The Kier molecular flexibility index (Phi) is 8.85. The number of aryl methyl sites for hydroxylation is 4. The first kappa shape index (κ1) is 30.0. The summed E-state index contributed by atoms with van der Waals surface area (Å²) in [5, 5.41) is 9.42. The van der Waals surface area contributed by atoms with Gasteiger partial charge in [0.05, 0.1) is 29.4 Å². The predicted molar refractivity (Wildman–Crippen MR) is 170 cm³/mol. The maximum absolute atomic E-state index is 12.1. The zero-order chi connectivity index (χ0) is 31.3. The SMILES string of the molecule is C1COC1.COC(=O)c1ccc2nc(Cc3cc(C)c4cc3CCCc3nc(C#N)ccc3COc3cccc-4n3)n(C)c2c1. The zero-order valence-electron chi connectivity index (χ0n) is 25.8. The number of hydrogen-bond donors (Lipinski definition) is 0. The molecule has 1 fully saturated rings. The monoisotopic (exact) mass is 601 g/mol. The lowest BCUT2D eigenvalue weighted by Crippen LogP contribution is -2.09. The number of aromatic nitrogens is 4. The lowest BCUT2D eigenvalue weighted by atomic mass is 9.92. The van der Waals surface area contributed by atoms with Crippen molar-refractivity contribution in [2.45, 2.75) is 45.6 Å². The summed E-state index contributed by atoms with van der Waals surface area (Å²) in [6, 6.07) is 21.6. The fraction of sp³-hybridized carbons (Fsp3) is 0.306. The molecule has 0 N–H and O–H groups in total. The molecule has 2 aromatic carbocycles. The van der Waals surface area contributed by atoms with Gasteiger partial charge in [-0.2, -0.15) is 5.26 Å². The number of esters is 1. The molecule has 9 nitrogen and oxygen atoms in total. The largest absolute Gasteiger partial charge is 0.473 e. The molecule has 3 aromatic heterocycles. The van der Waals surface area contributed by atoms with E-state index in [0.29, 0.717) is 30.2 Å². The number of carbonyl (C=O) groups is 1. The van der Waals surface area contributed by atoms with Crippen LogP contribution in [-0.4, -0.2) is 45.8 Å². The molecule has 0 aliphatic carbocycles. The van der Waals surface area contributed by atoms with E-state index in [4.69, 9.17) is 24.2 Å². The van der Waals surface area contributed by atoms with Gasteiger partial charge in [0.25, 0.3) is 0 Å². The molecule has 2 aliphatic rings. The van der Waals surface area contributed by atoms with Crippen LogP contribution in [0.2, 0.25) is 0 Å². The number of fused-ring (bicyclic) bond motifs is 7. The quantitative estimate of drug-likeness (QED) is 0.229. The molecule has 9 heteroatoms. The van der Waals surface area contributed by atoms with E-state index >= 15 is 0 Å². The molecule has 7 rings (SSSR count). The number of nitrogens with zero attached hydrogens (tertiary/aromatic N) is 5. The summed E-state index contributed by atoms with van der Waals surface area (Å²) in [7, 11) is 3.36. The number of pyridine rings is 2. The van der Waals surface area contributed by atoms with Crippen LogP contribution in [0.3, 0.4) is 0 Å². The van der Waals surface area contributed by atoms with Crippen molar-refractivity contribution in [2.24, 2.45) is 7.05 Å². The van der Waals surface area contributed by atoms with E-state index < -0.39 is 0 Å². The molecule has 5 heterocycles. The molecule has 2 aliphatic heterocycles. The van der Waals surface area contributed by atoms with Crippen LogP contribution < -0.4 is 4.74 Å². The number of rotatable bonds is 3. The van der Waals surface area contributed by atoms with E-state index in [9.17, 15) is 10.1 Å². The van der Waals surface area contributed by atoms with Gasteiger partial charge in [-0.1, -0.05) is 18.2 Å². The number of nitriles is 1. The van der Waals surface area contributed by atoms with Crippen molar-refractivity contribution in [3.63, 3.8) is 0 Å². The molecule has 0 amide bonds. The normalized spacial score (nSPS) is 13.7. The Labute approximate surface area is 262 Å². The van der Waals surface area contributed by atoms with Crippen LogP contribution >= 0.6 is 0 Å². The second-order valence-corrected chi connectivity index (χ2v) is 11.3. The highest BCUT2D eigenvalue weighted by molar-refractivity contribution is 5.93. The van der Waals surface area contributed by atoms with E-state index in [1.165, 1.54) is 24.7 Å². The van der Waals surface area contributed by atoms with Gasteiger partial charge in [0, 0.05) is 49.6 Å². The van der Waals surface area contributed by atoms with E-state index in [0.717, 1.165) is 77.4 Å². The number of ether oxygens (including phenoxy) is 3. The van der Waals surface area contributed by atoms with Crippen molar-refractivity contribution in [1.82, 2.24) is 19.5 Å². The van der Waals surface area contributed by atoms with Crippen molar-refractivity contribution in [3.8, 4) is 23.2 Å². The summed E-state index contributed by atoms with van der Waals surface area (Å²) in [5.41, 5.74) is 9.94. The number of hydrogen-bond acceptors (Lipinski definition) is 8. The number of carbonyl (C=O) groups excluding carboxylic acids is 1. The highest BCUT2D eigenvalue weighted by atomic mass is 16.5. The van der Waals surface area contributed by atoms with Gasteiger partial charge in [-0.3, -0.25) is 0 Å². The highest BCUT2D eigenvalue weighted by Crippen LogP contribution is 2.30. The molecule has 228 valence electrons. The van der Waals surface area contributed by atoms with Gasteiger partial charge in [0.1, 0.15) is 24.2 Å². The van der Waals surface area contributed by atoms with Crippen LogP contribution in [0.4, 0.5) is 0 Å². The average Bonchev–Trinajstić information content (AvgIpc) is 3.33. The third-order valence-electron chi connectivity index (χ3n) is 8.28. The average molecular weight is 602 g/mol. The predicted octanol–water partition coefficient (Wildman–Crippen LogP) is 6.06. The zero-order valence-corrected chi connectivity index (χ0v) is 25.8. The molecule has 0 radical (unpaired) electrons. The van der Waals surface area contributed by atoms with E-state index in [-0.39, 0.29) is 5.97 Å². The lowest BCUT2D eigenvalue weighted by molar-refractivity contribution is 0.0367. The second-order valence-electron chi connectivity index (χ2n) is 11.3. The third kappa shape index (κ3) is 6.56. The molecule has 0 saturated carbocycles. The van der Waals surface area contributed by atoms with Gasteiger partial charge < -0.3 is 18.8 Å². The minimum Gasteiger partial charge on any atom is -0.473 e. The maximum atomic E-state index is 12.1. The standard InChI is InChI=1S/C33H29N5O3.C3H6O/c1-20-14-24(17-31-36-29-13-11-22(33(39)40-3)16-30(29)38(31)2)21-6-4-7-27-23(10-12-25(18-34)35-27)19-41-32-9-5-8-28(37-32)26(20)15-21;1-2-4-3-1/h5,8-16H,4,6-7,17,19H2,1-3H3;1-3H2. The van der Waals surface area contributed by atoms with Gasteiger partial charge >= 0.3 is 5.97 Å². The fourth-order valence-corrected chi connectivity index (χ4v) is 5.63. The Hall–Kier alpha value is -5.07. The second kappa shape index (κ2) is 13.3. The van der Waals surface area contributed by atoms with Crippen LogP contribution in [-0.2, 0) is 42.4 Å². The Morgan fingerprint density at radius 3 is 2.58 bits per heavy atom. The summed E-state index contributed by atoms with van der Waals surface area (Å²) in [6.45, 7) is 4.45. The number of methoxy groups -OCH3 is 1. The van der Waals surface area contributed by atoms with Gasteiger partial charge in [-0.25, -0.2) is 19.7 Å². The maximum Gasteiger partial charge on any atom is 0.337 e. The summed E-state index contributed by atoms with van der Waals surface area (Å²) in [5.74, 6) is 1.09. The molecule has 4 bridgehead atoms. The molecular weight excluding hydrogens is 566 g/mol. The number of benzene rings is 2. The highest BCUT2D eigenvalue weighted by Gasteiger charge is 2.18. The van der Waals surface area contributed by atoms with Crippen LogP contribution in [0.1, 0.15) is 62.7 Å². The van der Waals surface area contributed by atoms with Crippen molar-refractivity contribution in [3.05, 3.63) is 106 Å².